The Hall–Kier alpha value is -0.570. The molecule has 1 N–H and O–H groups in total. The first-order valence-corrected chi connectivity index (χ1v) is 7.54. The molecule has 0 heterocycles. The van der Waals surface area contributed by atoms with Gasteiger partial charge in [-0.15, -0.1) is 0 Å². The second kappa shape index (κ2) is 12.9. The first kappa shape index (κ1) is 17.4. The van der Waals surface area contributed by atoms with Crippen LogP contribution in [0.3, 0.4) is 0 Å². The lowest BCUT2D eigenvalue weighted by Gasteiger charge is -2.06. The first-order chi connectivity index (χ1) is 8.70. The minimum atomic E-state index is -0.113. The van der Waals surface area contributed by atoms with E-state index >= 15 is 0 Å². The topological polar surface area (TPSA) is 46.5 Å². The van der Waals surface area contributed by atoms with Crippen molar-refractivity contribution in [3.8, 4) is 0 Å². The van der Waals surface area contributed by atoms with Gasteiger partial charge in [-0.3, -0.25) is 4.79 Å². The predicted octanol–water partition coefficient (Wildman–Crippen LogP) is 3.83. The normalized spacial score (nSPS) is 12.4. The maximum Gasteiger partial charge on any atom is 0.305 e. The Kier molecular flexibility index (Phi) is 12.5. The van der Waals surface area contributed by atoms with Crippen LogP contribution >= 0.6 is 0 Å². The molecule has 0 saturated heterocycles. The molecule has 0 aliphatic carbocycles. The summed E-state index contributed by atoms with van der Waals surface area (Å²) in [4.78, 5) is 11.2. The van der Waals surface area contributed by atoms with Gasteiger partial charge in [-0.05, 0) is 25.7 Å². The average molecular weight is 258 g/mol. The molecule has 0 aliphatic rings. The van der Waals surface area contributed by atoms with Gasteiger partial charge < -0.3 is 9.84 Å². The summed E-state index contributed by atoms with van der Waals surface area (Å²) in [7, 11) is 0. The quantitative estimate of drug-likeness (QED) is 0.427. The van der Waals surface area contributed by atoms with Gasteiger partial charge in [-0.2, -0.15) is 0 Å². The number of aliphatic hydroxyl groups excluding tert-OH is 1. The second-order valence-electron chi connectivity index (χ2n) is 4.94. The first-order valence-electron chi connectivity index (χ1n) is 7.54. The van der Waals surface area contributed by atoms with Crippen LogP contribution in [0.1, 0.15) is 78.1 Å². The third kappa shape index (κ3) is 11.9. The van der Waals surface area contributed by atoms with Gasteiger partial charge in [0, 0.05) is 6.42 Å². The summed E-state index contributed by atoms with van der Waals surface area (Å²) in [5.41, 5.74) is 0. The molecule has 0 aromatic carbocycles. The summed E-state index contributed by atoms with van der Waals surface area (Å²) in [6.07, 6.45) is 9.90. The van der Waals surface area contributed by atoms with Gasteiger partial charge in [-0.1, -0.05) is 46.0 Å². The molecule has 0 rings (SSSR count). The van der Waals surface area contributed by atoms with Crippen LogP contribution < -0.4 is 0 Å². The Morgan fingerprint density at radius 1 is 1.06 bits per heavy atom. The highest BCUT2D eigenvalue weighted by Crippen LogP contribution is 2.11. The van der Waals surface area contributed by atoms with Crippen molar-refractivity contribution in [2.75, 3.05) is 6.61 Å². The number of aliphatic hydroxyl groups is 1. The second-order valence-corrected chi connectivity index (χ2v) is 4.94. The zero-order valence-electron chi connectivity index (χ0n) is 12.1. The molecule has 0 fully saturated rings. The number of hydrogen-bond acceptors (Lipinski definition) is 3. The van der Waals surface area contributed by atoms with E-state index in [-0.39, 0.29) is 12.1 Å². The van der Waals surface area contributed by atoms with E-state index in [4.69, 9.17) is 4.74 Å². The van der Waals surface area contributed by atoms with E-state index in [0.717, 1.165) is 38.5 Å². The van der Waals surface area contributed by atoms with Crippen LogP contribution in [0.25, 0.3) is 0 Å². The minimum Gasteiger partial charge on any atom is -0.466 e. The van der Waals surface area contributed by atoms with Crippen molar-refractivity contribution >= 4 is 5.97 Å². The van der Waals surface area contributed by atoms with Crippen LogP contribution in [-0.2, 0) is 9.53 Å². The molecule has 3 nitrogen and oxygen atoms in total. The van der Waals surface area contributed by atoms with Crippen molar-refractivity contribution < 1.29 is 14.6 Å². The molecule has 0 aromatic heterocycles. The summed E-state index contributed by atoms with van der Waals surface area (Å²) in [5, 5.41) is 9.38. The summed E-state index contributed by atoms with van der Waals surface area (Å²) in [6.45, 7) is 4.57. The molecule has 0 saturated carbocycles. The van der Waals surface area contributed by atoms with Crippen molar-refractivity contribution in [3.05, 3.63) is 0 Å². The molecule has 0 bridgehead atoms. The van der Waals surface area contributed by atoms with E-state index < -0.39 is 0 Å². The van der Waals surface area contributed by atoms with E-state index in [9.17, 15) is 9.90 Å². The van der Waals surface area contributed by atoms with Crippen LogP contribution in [-0.4, -0.2) is 23.8 Å². The van der Waals surface area contributed by atoms with Crippen molar-refractivity contribution in [3.63, 3.8) is 0 Å². The van der Waals surface area contributed by atoms with Gasteiger partial charge in [0.2, 0.25) is 0 Å². The molecule has 0 spiro atoms. The SMILES string of the molecule is CCCOC(=O)CCCCCCCCC(O)CC. The average Bonchev–Trinajstić information content (AvgIpc) is 2.38. The highest BCUT2D eigenvalue weighted by Gasteiger charge is 2.02. The maximum absolute atomic E-state index is 11.2. The van der Waals surface area contributed by atoms with Gasteiger partial charge in [0.05, 0.1) is 12.7 Å². The summed E-state index contributed by atoms with van der Waals surface area (Å²) < 4.78 is 5.01. The summed E-state index contributed by atoms with van der Waals surface area (Å²) >= 11 is 0. The molecule has 0 aliphatic heterocycles. The number of rotatable bonds is 12. The van der Waals surface area contributed by atoms with Gasteiger partial charge in [0.15, 0.2) is 0 Å². The number of esters is 1. The van der Waals surface area contributed by atoms with Gasteiger partial charge in [-0.25, -0.2) is 0 Å². The molecule has 1 unspecified atom stereocenters. The monoisotopic (exact) mass is 258 g/mol. The number of ether oxygens (including phenoxy) is 1. The fourth-order valence-corrected chi connectivity index (χ4v) is 1.85. The van der Waals surface area contributed by atoms with Crippen LogP contribution in [0.2, 0.25) is 0 Å². The largest absolute Gasteiger partial charge is 0.466 e. The molecule has 18 heavy (non-hydrogen) atoms. The van der Waals surface area contributed by atoms with E-state index in [1.54, 1.807) is 0 Å². The number of carbonyl (C=O) groups is 1. The Morgan fingerprint density at radius 2 is 1.67 bits per heavy atom. The molecule has 0 amide bonds. The minimum absolute atomic E-state index is 0.0529. The Labute approximate surface area is 112 Å². The summed E-state index contributed by atoms with van der Waals surface area (Å²) in [6, 6.07) is 0. The van der Waals surface area contributed by atoms with Crippen molar-refractivity contribution in [1.29, 1.82) is 0 Å². The fourth-order valence-electron chi connectivity index (χ4n) is 1.85. The van der Waals surface area contributed by atoms with Crippen LogP contribution in [0, 0.1) is 0 Å². The highest BCUT2D eigenvalue weighted by molar-refractivity contribution is 5.69. The van der Waals surface area contributed by atoms with Gasteiger partial charge in [0.25, 0.3) is 0 Å². The third-order valence-corrected chi connectivity index (χ3v) is 3.11. The van der Waals surface area contributed by atoms with E-state index in [0.29, 0.717) is 13.0 Å². The van der Waals surface area contributed by atoms with Gasteiger partial charge >= 0.3 is 5.97 Å². The van der Waals surface area contributed by atoms with Crippen LogP contribution in [0.15, 0.2) is 0 Å². The van der Waals surface area contributed by atoms with Crippen LogP contribution in [0.5, 0.6) is 0 Å². The molecule has 0 radical (unpaired) electrons. The van der Waals surface area contributed by atoms with Crippen molar-refractivity contribution in [2.45, 2.75) is 84.2 Å². The van der Waals surface area contributed by atoms with Crippen molar-refractivity contribution in [2.24, 2.45) is 0 Å². The lowest BCUT2D eigenvalue weighted by atomic mass is 10.1. The fraction of sp³-hybridized carbons (Fsp3) is 0.933. The van der Waals surface area contributed by atoms with Crippen LogP contribution in [0.4, 0.5) is 0 Å². The maximum atomic E-state index is 11.2. The Balaban J connectivity index is 3.14. The lowest BCUT2D eigenvalue weighted by Crippen LogP contribution is -2.04. The molecule has 3 heteroatoms. The lowest BCUT2D eigenvalue weighted by molar-refractivity contribution is -0.143. The highest BCUT2D eigenvalue weighted by atomic mass is 16.5. The molecule has 108 valence electrons. The molecular weight excluding hydrogens is 228 g/mol. The zero-order valence-corrected chi connectivity index (χ0v) is 12.1. The molecule has 1 atom stereocenters. The number of carbonyl (C=O) groups excluding carboxylic acids is 1. The van der Waals surface area contributed by atoms with E-state index in [1.807, 2.05) is 13.8 Å². The predicted molar refractivity (Wildman–Crippen MR) is 74.5 cm³/mol. The van der Waals surface area contributed by atoms with Crippen molar-refractivity contribution in [1.82, 2.24) is 0 Å². The summed E-state index contributed by atoms with van der Waals surface area (Å²) in [5.74, 6) is -0.0529. The number of unbranched alkanes of at least 4 members (excludes halogenated alkanes) is 5. The zero-order chi connectivity index (χ0) is 13.6. The van der Waals surface area contributed by atoms with E-state index in [1.165, 1.54) is 19.3 Å². The Bertz CT molecular complexity index is 192. The smallest absolute Gasteiger partial charge is 0.305 e. The van der Waals surface area contributed by atoms with E-state index in [2.05, 4.69) is 0 Å². The van der Waals surface area contributed by atoms with Gasteiger partial charge in [0.1, 0.15) is 0 Å². The number of hydrogen-bond donors (Lipinski definition) is 1. The third-order valence-electron chi connectivity index (χ3n) is 3.11. The standard InChI is InChI=1S/C15H30O3/c1-3-13-18-15(17)12-10-8-6-5-7-9-11-14(16)4-2/h14,16H,3-13H2,1-2H3. The molecule has 0 aromatic rings. The molecular formula is C15H30O3. The Morgan fingerprint density at radius 3 is 2.28 bits per heavy atom.